The number of nitrogens with zero attached hydrogens (tertiary/aromatic N) is 4. The van der Waals surface area contributed by atoms with Crippen molar-refractivity contribution in [2.24, 2.45) is 0 Å². The van der Waals surface area contributed by atoms with Crippen LogP contribution in [0.3, 0.4) is 0 Å². The lowest BCUT2D eigenvalue weighted by Crippen LogP contribution is -2.51. The number of anilines is 1. The summed E-state index contributed by atoms with van der Waals surface area (Å²) >= 11 is 0. The van der Waals surface area contributed by atoms with Crippen LogP contribution in [-0.4, -0.2) is 92.1 Å². The van der Waals surface area contributed by atoms with Crippen LogP contribution in [0.5, 0.6) is 5.75 Å². The zero-order chi connectivity index (χ0) is 23.8. The van der Waals surface area contributed by atoms with Crippen LogP contribution in [0.1, 0.15) is 48.9 Å². The molecule has 0 atom stereocenters. The minimum atomic E-state index is -0.461. The van der Waals surface area contributed by atoms with Gasteiger partial charge in [0.25, 0.3) is 5.91 Å². The van der Waals surface area contributed by atoms with Gasteiger partial charge in [-0.05, 0) is 31.0 Å². The van der Waals surface area contributed by atoms with E-state index in [1.54, 1.807) is 13.3 Å². The van der Waals surface area contributed by atoms with Gasteiger partial charge in [-0.15, -0.1) is 0 Å². The number of piperazine rings is 1. The summed E-state index contributed by atoms with van der Waals surface area (Å²) in [5.74, 6) is 0.390. The van der Waals surface area contributed by atoms with Gasteiger partial charge in [0.05, 0.1) is 37.1 Å². The lowest BCUT2D eigenvalue weighted by atomic mass is 9.99. The van der Waals surface area contributed by atoms with Crippen molar-refractivity contribution in [1.82, 2.24) is 14.8 Å². The maximum absolute atomic E-state index is 13.9. The molecule has 6 rings (SSSR count). The Bertz CT molecular complexity index is 1060. The number of aromatic nitrogens is 1. The first-order valence-corrected chi connectivity index (χ1v) is 13.2. The highest BCUT2D eigenvalue weighted by atomic mass is 16.7. The van der Waals surface area contributed by atoms with Crippen LogP contribution in [0.2, 0.25) is 0 Å². The molecule has 2 aromatic rings. The van der Waals surface area contributed by atoms with E-state index in [2.05, 4.69) is 14.8 Å². The van der Waals surface area contributed by atoms with E-state index in [0.717, 1.165) is 74.5 Å². The van der Waals surface area contributed by atoms with E-state index in [4.69, 9.17) is 14.2 Å². The largest absolute Gasteiger partial charge is 0.497 e. The van der Waals surface area contributed by atoms with Crippen molar-refractivity contribution in [3.05, 3.63) is 30.0 Å². The maximum Gasteiger partial charge on any atom is 0.257 e. The predicted octanol–water partition coefficient (Wildman–Crippen LogP) is 3.29. The van der Waals surface area contributed by atoms with Gasteiger partial charge in [-0.25, -0.2) is 0 Å². The second-order valence-electron chi connectivity index (χ2n) is 10.3. The van der Waals surface area contributed by atoms with E-state index in [9.17, 15) is 4.79 Å². The Morgan fingerprint density at radius 1 is 1.03 bits per heavy atom. The highest BCUT2D eigenvalue weighted by Gasteiger charge is 2.41. The number of benzene rings is 1. The van der Waals surface area contributed by atoms with Crippen molar-refractivity contribution in [2.45, 2.75) is 50.4 Å². The van der Waals surface area contributed by atoms with Gasteiger partial charge in [0.2, 0.25) is 0 Å². The first-order chi connectivity index (χ1) is 17.2. The minimum Gasteiger partial charge on any atom is -0.497 e. The van der Waals surface area contributed by atoms with Crippen LogP contribution in [0, 0.1) is 0 Å². The molecule has 3 saturated heterocycles. The molecule has 1 aromatic heterocycles. The van der Waals surface area contributed by atoms with Crippen molar-refractivity contribution in [1.29, 1.82) is 0 Å². The van der Waals surface area contributed by atoms with Crippen molar-refractivity contribution < 1.29 is 19.0 Å². The molecule has 1 aliphatic carbocycles. The van der Waals surface area contributed by atoms with Crippen LogP contribution in [0.15, 0.2) is 24.4 Å². The van der Waals surface area contributed by atoms with E-state index >= 15 is 0 Å². The van der Waals surface area contributed by atoms with Gasteiger partial charge in [0.1, 0.15) is 5.75 Å². The van der Waals surface area contributed by atoms with Crippen molar-refractivity contribution in [3.63, 3.8) is 0 Å². The Labute approximate surface area is 207 Å². The number of hydrogen-bond donors (Lipinski definition) is 0. The molecular weight excluding hydrogens is 444 g/mol. The third-order valence-electron chi connectivity index (χ3n) is 8.37. The zero-order valence-corrected chi connectivity index (χ0v) is 20.7. The molecule has 8 heteroatoms. The third kappa shape index (κ3) is 4.36. The summed E-state index contributed by atoms with van der Waals surface area (Å²) in [7, 11) is 1.67. The zero-order valence-electron chi connectivity index (χ0n) is 20.7. The van der Waals surface area contributed by atoms with E-state index in [1.165, 1.54) is 25.7 Å². The molecule has 1 spiro atoms. The molecule has 0 bridgehead atoms. The quantitative estimate of drug-likeness (QED) is 0.665. The van der Waals surface area contributed by atoms with Crippen molar-refractivity contribution >= 4 is 22.5 Å². The number of pyridine rings is 1. The number of hydrogen-bond acceptors (Lipinski definition) is 7. The average molecular weight is 481 g/mol. The number of carbonyl (C=O) groups is 1. The lowest BCUT2D eigenvalue weighted by Gasteiger charge is -2.41. The second-order valence-corrected chi connectivity index (χ2v) is 10.3. The smallest absolute Gasteiger partial charge is 0.257 e. The number of piperidine rings is 1. The molecule has 1 saturated carbocycles. The fraction of sp³-hybridized carbons (Fsp3) is 0.630. The number of carbonyl (C=O) groups excluding carboxylic acids is 1. The monoisotopic (exact) mass is 480 g/mol. The number of amides is 1. The molecule has 0 unspecified atom stereocenters. The molecule has 8 nitrogen and oxygen atoms in total. The van der Waals surface area contributed by atoms with Gasteiger partial charge in [-0.2, -0.15) is 0 Å². The number of ether oxygens (including phenoxy) is 3. The lowest BCUT2D eigenvalue weighted by molar-refractivity contribution is -0.169. The van der Waals surface area contributed by atoms with Gasteiger partial charge in [0, 0.05) is 69.7 Å². The molecule has 4 aliphatic rings. The van der Waals surface area contributed by atoms with Gasteiger partial charge < -0.3 is 24.0 Å². The predicted molar refractivity (Wildman–Crippen MR) is 134 cm³/mol. The SMILES string of the molecule is COc1ccc2ncc(C(=O)N3CCN(C4CCCC4)CC3)c(N3CCC4(CC3)OCCO4)c2c1. The normalized spacial score (nSPS) is 23.5. The molecule has 4 heterocycles. The molecule has 188 valence electrons. The summed E-state index contributed by atoms with van der Waals surface area (Å²) < 4.78 is 17.4. The summed E-state index contributed by atoms with van der Waals surface area (Å²) in [6, 6.07) is 6.62. The van der Waals surface area contributed by atoms with E-state index in [1.807, 2.05) is 23.1 Å². The summed E-state index contributed by atoms with van der Waals surface area (Å²) in [6.45, 7) is 6.32. The van der Waals surface area contributed by atoms with Crippen LogP contribution >= 0.6 is 0 Å². The Morgan fingerprint density at radius 3 is 2.43 bits per heavy atom. The van der Waals surface area contributed by atoms with Crippen molar-refractivity contribution in [2.75, 3.05) is 64.5 Å². The van der Waals surface area contributed by atoms with Gasteiger partial charge in [0.15, 0.2) is 5.79 Å². The maximum atomic E-state index is 13.9. The first-order valence-electron chi connectivity index (χ1n) is 13.2. The average Bonchev–Trinajstić information content (AvgIpc) is 3.61. The van der Waals surface area contributed by atoms with Crippen LogP contribution in [-0.2, 0) is 9.47 Å². The Balaban J connectivity index is 1.29. The molecular formula is C27H36N4O4. The molecule has 1 aromatic carbocycles. The molecule has 0 radical (unpaired) electrons. The highest BCUT2D eigenvalue weighted by molar-refractivity contribution is 6.07. The van der Waals surface area contributed by atoms with Crippen LogP contribution in [0.4, 0.5) is 5.69 Å². The van der Waals surface area contributed by atoms with E-state index in [0.29, 0.717) is 24.8 Å². The number of rotatable bonds is 4. The van der Waals surface area contributed by atoms with Gasteiger partial charge in [-0.3, -0.25) is 14.7 Å². The minimum absolute atomic E-state index is 0.0805. The molecule has 35 heavy (non-hydrogen) atoms. The summed E-state index contributed by atoms with van der Waals surface area (Å²) in [5, 5.41) is 0.962. The topological polar surface area (TPSA) is 67.4 Å². The first kappa shape index (κ1) is 23.0. The highest BCUT2D eigenvalue weighted by Crippen LogP contribution is 2.38. The molecule has 3 aliphatic heterocycles. The molecule has 0 N–H and O–H groups in total. The summed E-state index contributed by atoms with van der Waals surface area (Å²) in [4.78, 5) is 25.5. The standard InChI is InChI=1S/C27H36N4O4/c1-33-21-6-7-24-22(18-21)25(30-10-8-27(9-11-30)34-16-17-35-27)23(19-28-24)26(32)31-14-12-29(13-15-31)20-4-2-3-5-20/h6-7,18-20H,2-5,8-17H2,1H3. The molecule has 4 fully saturated rings. The van der Waals surface area contributed by atoms with Crippen LogP contribution in [0.25, 0.3) is 10.9 Å². The fourth-order valence-electron chi connectivity index (χ4n) is 6.37. The Hall–Kier alpha value is -2.42. The molecule has 1 amide bonds. The third-order valence-corrected chi connectivity index (χ3v) is 8.37. The fourth-order valence-corrected chi connectivity index (χ4v) is 6.37. The van der Waals surface area contributed by atoms with Gasteiger partial charge in [-0.1, -0.05) is 12.8 Å². The van der Waals surface area contributed by atoms with E-state index in [-0.39, 0.29) is 5.91 Å². The summed E-state index contributed by atoms with van der Waals surface area (Å²) in [6.07, 6.45) is 8.64. The summed E-state index contributed by atoms with van der Waals surface area (Å²) in [5.41, 5.74) is 2.52. The van der Waals surface area contributed by atoms with Crippen LogP contribution < -0.4 is 9.64 Å². The number of fused-ring (bicyclic) bond motifs is 1. The second kappa shape index (κ2) is 9.56. The Kier molecular flexibility index (Phi) is 6.28. The van der Waals surface area contributed by atoms with Crippen molar-refractivity contribution in [3.8, 4) is 5.75 Å². The Morgan fingerprint density at radius 2 is 1.74 bits per heavy atom. The van der Waals surface area contributed by atoms with E-state index < -0.39 is 5.79 Å². The number of methoxy groups -OCH3 is 1. The van der Waals surface area contributed by atoms with Gasteiger partial charge >= 0.3 is 0 Å².